The standard InChI is InChI=1S/C80H54N6O.C43H31N3S2/c1-5-23-59(24-6-1)81(60-25-7-2-8-26-60)63-31-21-33-65(51-63)83-71-36-14-16-38-73(71)84(74-39-17-15-37-72(74)83)67-45-43-55-48-58-50-68(46-44-56(58)47-57(55)49-67)86-76-41-19-18-40-75(76)85(77-53-70-69-35-13-20-42-79(69)87-80(70)54-78(77)86)66-34-22-32-64(52-66)82(61-27-9-3-10-28-61)62-29-11-4-12-30-62;1-27(2)44-34-12-4-3-11-32(34)33-25-43-39(26-38(33)44)46(37-15-7-10-18-42(37)48-43)31-22-20-28-23-30(21-19-29(28)24-31)45-35-13-5-8-16-40(35)47-41-17-9-6-14-36(41)45/h1-54H;3-27H,1-2H3. The van der Waals surface area contributed by atoms with Gasteiger partial charge in [-0.2, -0.15) is 0 Å². The topological polar surface area (TPSA) is 44.0 Å². The Bertz CT molecular complexity index is 8470. The maximum Gasteiger partial charge on any atom is 0.137 e. The van der Waals surface area contributed by atoms with E-state index < -0.39 is 0 Å². The molecular weight excluding hydrogens is 1680 g/mol. The first-order valence-corrected chi connectivity index (χ1v) is 47.7. The van der Waals surface area contributed by atoms with Crippen molar-refractivity contribution in [3.63, 3.8) is 0 Å². The Hall–Kier alpha value is -16.9. The Morgan fingerprint density at radius 3 is 0.956 bits per heavy atom. The predicted molar refractivity (Wildman–Crippen MR) is 569 cm³/mol. The fourth-order valence-corrected chi connectivity index (χ4v) is 23.0. The average Bonchev–Trinajstić information content (AvgIpc) is 1.71. The average molecular weight is 1770 g/mol. The normalized spacial score (nSPS) is 12.9. The third kappa shape index (κ3) is 13.5. The molecule has 135 heavy (non-hydrogen) atoms. The number of hydrogen-bond donors (Lipinski definition) is 0. The molecule has 6 heterocycles. The minimum atomic E-state index is 0.342. The monoisotopic (exact) mass is 1770 g/mol. The van der Waals surface area contributed by atoms with Gasteiger partial charge in [-0.15, -0.1) is 0 Å². The second-order valence-electron chi connectivity index (χ2n) is 35.0. The summed E-state index contributed by atoms with van der Waals surface area (Å²) >= 11 is 3.72. The lowest BCUT2D eigenvalue weighted by atomic mass is 9.99. The van der Waals surface area contributed by atoms with Crippen LogP contribution in [0.3, 0.4) is 0 Å². The first-order chi connectivity index (χ1) is 66.8. The molecule has 4 aliphatic rings. The van der Waals surface area contributed by atoms with Crippen LogP contribution < -0.4 is 39.2 Å². The third-order valence-electron chi connectivity index (χ3n) is 26.7. The van der Waals surface area contributed by atoms with Crippen LogP contribution in [0.5, 0.6) is 0 Å². The van der Waals surface area contributed by atoms with E-state index in [4.69, 9.17) is 4.42 Å². The van der Waals surface area contributed by atoms with Crippen molar-refractivity contribution in [3.05, 3.63) is 473 Å². The summed E-state index contributed by atoms with van der Waals surface area (Å²) in [5.41, 5.74) is 30.9. The van der Waals surface area contributed by atoms with E-state index >= 15 is 0 Å². The van der Waals surface area contributed by atoms with Gasteiger partial charge in [0.25, 0.3) is 0 Å². The van der Waals surface area contributed by atoms with E-state index in [0.29, 0.717) is 6.04 Å². The Labute approximate surface area is 791 Å². The Balaban J connectivity index is 0.000000166. The zero-order valence-corrected chi connectivity index (χ0v) is 75.5. The smallest absolute Gasteiger partial charge is 0.137 e. The summed E-state index contributed by atoms with van der Waals surface area (Å²) in [6.07, 6.45) is 0. The van der Waals surface area contributed by atoms with Crippen LogP contribution in [0.15, 0.2) is 497 Å². The Morgan fingerprint density at radius 1 is 0.193 bits per heavy atom. The van der Waals surface area contributed by atoms with Crippen molar-refractivity contribution in [2.75, 3.05) is 39.2 Å². The fourth-order valence-electron chi connectivity index (χ4n) is 20.8. The molecule has 0 radical (unpaired) electrons. The number of furan rings is 1. The largest absolute Gasteiger partial charge is 0.456 e. The van der Waals surface area contributed by atoms with Gasteiger partial charge in [-0.3, -0.25) is 0 Å². The van der Waals surface area contributed by atoms with Crippen molar-refractivity contribution in [2.45, 2.75) is 39.5 Å². The number of para-hydroxylation sites is 15. The fraction of sp³-hybridized carbons (Fsp3) is 0.0244. The van der Waals surface area contributed by atoms with Crippen LogP contribution in [0.2, 0.25) is 0 Å². The van der Waals surface area contributed by atoms with E-state index in [0.717, 1.165) is 146 Å². The van der Waals surface area contributed by atoms with Crippen LogP contribution in [0.4, 0.5) is 136 Å². The van der Waals surface area contributed by atoms with Gasteiger partial charge < -0.3 is 48.2 Å². The van der Waals surface area contributed by atoms with Crippen molar-refractivity contribution in [2.24, 2.45) is 0 Å². The second kappa shape index (κ2) is 32.6. The van der Waals surface area contributed by atoms with Crippen LogP contribution >= 0.6 is 23.5 Å². The Morgan fingerprint density at radius 2 is 0.519 bits per heavy atom. The number of nitrogens with zero attached hydrogens (tertiary/aromatic N) is 9. The van der Waals surface area contributed by atoms with E-state index in [1.807, 2.05) is 29.6 Å². The SMILES string of the molecule is CC(C)n1c2ccccc2c2cc3c(cc21)N(c1ccc2cc(N4c5ccccc5Sc5ccccc54)ccc2c1)c1ccccc1S3.c1ccc(N(c2ccccc2)c2cccc(N3c4ccccc4N(c4ccc5cc6cc(N7c8ccccc8N(c8cccc(N(c9ccccc9)c9ccccc9)c8)c8cc9c(cc87)oc7ccccc79)ccc6cc5c4)c4ccccc43)c2)cc1. The van der Waals surface area contributed by atoms with Gasteiger partial charge in [-0.25, -0.2) is 0 Å². The lowest BCUT2D eigenvalue weighted by Gasteiger charge is -2.40. The van der Waals surface area contributed by atoms with Crippen molar-refractivity contribution >= 4 is 236 Å². The molecule has 23 aromatic rings. The van der Waals surface area contributed by atoms with Crippen molar-refractivity contribution in [3.8, 4) is 0 Å². The molecule has 0 amide bonds. The Kier molecular flexibility index (Phi) is 19.1. The van der Waals surface area contributed by atoms with Crippen molar-refractivity contribution in [1.82, 2.24) is 4.57 Å². The van der Waals surface area contributed by atoms with Crippen LogP contribution in [-0.2, 0) is 0 Å². The lowest BCUT2D eigenvalue weighted by molar-refractivity contribution is 0.642. The summed E-state index contributed by atoms with van der Waals surface area (Å²) in [5.74, 6) is 0. The summed E-state index contributed by atoms with van der Waals surface area (Å²) in [7, 11) is 0. The quantitative estimate of drug-likeness (QED) is 0.104. The molecule has 0 aliphatic carbocycles. The minimum absolute atomic E-state index is 0.342. The maximum atomic E-state index is 6.70. The zero-order valence-electron chi connectivity index (χ0n) is 73.9. The molecule has 4 aliphatic heterocycles. The molecule has 2 aromatic heterocycles. The maximum absolute atomic E-state index is 6.70. The van der Waals surface area contributed by atoms with E-state index in [2.05, 4.69) is 525 Å². The molecule has 0 saturated heterocycles. The van der Waals surface area contributed by atoms with Crippen LogP contribution in [0.1, 0.15) is 19.9 Å². The van der Waals surface area contributed by atoms with Crippen LogP contribution in [0.25, 0.3) is 76.1 Å². The highest BCUT2D eigenvalue weighted by Crippen LogP contribution is 2.61. The number of aromatic nitrogens is 1. The molecule has 0 N–H and O–H groups in total. The van der Waals surface area contributed by atoms with Gasteiger partial charge >= 0.3 is 0 Å². The van der Waals surface area contributed by atoms with E-state index in [1.54, 1.807) is 0 Å². The van der Waals surface area contributed by atoms with Gasteiger partial charge in [0.1, 0.15) is 11.2 Å². The van der Waals surface area contributed by atoms with Crippen molar-refractivity contribution in [1.29, 1.82) is 0 Å². The molecule has 0 saturated carbocycles. The highest BCUT2D eigenvalue weighted by atomic mass is 32.2. The summed E-state index contributed by atoms with van der Waals surface area (Å²) in [5, 5.41) is 11.9. The highest BCUT2D eigenvalue weighted by Gasteiger charge is 2.36. The molecule has 10 nitrogen and oxygen atoms in total. The molecule has 27 rings (SSSR count). The predicted octanol–water partition coefficient (Wildman–Crippen LogP) is 36.7. The first-order valence-electron chi connectivity index (χ1n) is 46.0. The van der Waals surface area contributed by atoms with Gasteiger partial charge in [0, 0.05) is 127 Å². The summed E-state index contributed by atoms with van der Waals surface area (Å²) < 4.78 is 9.19. The van der Waals surface area contributed by atoms with Crippen LogP contribution in [0, 0.1) is 0 Å². The minimum Gasteiger partial charge on any atom is -0.456 e. The molecule has 12 heteroatoms. The molecule has 0 bridgehead atoms. The van der Waals surface area contributed by atoms with Gasteiger partial charge in [-0.1, -0.05) is 242 Å². The number of fused-ring (bicyclic) bond motifs is 17. The van der Waals surface area contributed by atoms with E-state index in [1.165, 1.54) is 86.3 Å². The van der Waals surface area contributed by atoms with Gasteiger partial charge in [0.15, 0.2) is 0 Å². The second-order valence-corrected chi connectivity index (χ2v) is 37.2. The molecule has 0 spiro atoms. The summed E-state index contributed by atoms with van der Waals surface area (Å²) in [6.45, 7) is 4.56. The zero-order chi connectivity index (χ0) is 89.3. The molecule has 21 aromatic carbocycles. The van der Waals surface area contributed by atoms with E-state index in [9.17, 15) is 0 Å². The van der Waals surface area contributed by atoms with Crippen LogP contribution in [-0.4, -0.2) is 4.57 Å². The molecule has 0 unspecified atom stereocenters. The highest BCUT2D eigenvalue weighted by molar-refractivity contribution is 8.00. The van der Waals surface area contributed by atoms with Gasteiger partial charge in [0.2, 0.25) is 0 Å². The molecular formula is C123H85N9OS2. The van der Waals surface area contributed by atoms with E-state index in [-0.39, 0.29) is 0 Å². The third-order valence-corrected chi connectivity index (χ3v) is 28.9. The van der Waals surface area contributed by atoms with Crippen molar-refractivity contribution < 1.29 is 4.42 Å². The van der Waals surface area contributed by atoms with Gasteiger partial charge in [-0.05, 0) is 295 Å². The number of rotatable bonds is 13. The number of hydrogen-bond acceptors (Lipinski definition) is 11. The number of benzene rings is 21. The van der Waals surface area contributed by atoms with Gasteiger partial charge in [0.05, 0.1) is 73.8 Å². The molecule has 640 valence electrons. The first kappa shape index (κ1) is 79.1. The molecule has 0 atom stereocenters. The summed E-state index contributed by atoms with van der Waals surface area (Å²) in [6, 6.07) is 172. The summed E-state index contributed by atoms with van der Waals surface area (Å²) in [4.78, 5) is 24.3. The molecule has 0 fully saturated rings. The lowest BCUT2D eigenvalue weighted by Crippen LogP contribution is -2.24. The number of anilines is 24.